The number of aromatic nitrogens is 3. The first kappa shape index (κ1) is 11.8. The average Bonchev–Trinajstić information content (AvgIpc) is 2.49. The normalized spacial score (nSPS) is 17.2. The molecule has 94 valence electrons. The Bertz CT molecular complexity index is 476. The zero-order chi connectivity index (χ0) is 12.4. The Balaban J connectivity index is 2.25. The Morgan fingerprint density at radius 3 is 2.88 bits per heavy atom. The van der Waals surface area contributed by atoms with Crippen LogP contribution in [0.25, 0.3) is 0 Å². The van der Waals surface area contributed by atoms with Gasteiger partial charge in [0.2, 0.25) is 5.91 Å². The van der Waals surface area contributed by atoms with E-state index >= 15 is 0 Å². The lowest BCUT2D eigenvalue weighted by molar-refractivity contribution is -0.119. The highest BCUT2D eigenvalue weighted by Crippen LogP contribution is 2.10. The highest BCUT2D eigenvalue weighted by Gasteiger charge is 2.18. The van der Waals surface area contributed by atoms with E-state index in [1.807, 2.05) is 0 Å². The van der Waals surface area contributed by atoms with E-state index in [4.69, 9.17) is 11.5 Å². The summed E-state index contributed by atoms with van der Waals surface area (Å²) < 4.78 is 2.91. The van der Waals surface area contributed by atoms with Gasteiger partial charge in [-0.1, -0.05) is 6.42 Å². The molecule has 1 unspecified atom stereocenters. The lowest BCUT2D eigenvalue weighted by Gasteiger charge is -2.05. The first-order chi connectivity index (χ1) is 8.09. The number of amides is 1. The molecule has 0 aromatic carbocycles. The summed E-state index contributed by atoms with van der Waals surface area (Å²) in [7, 11) is 0. The third kappa shape index (κ3) is 2.38. The Hall–Kier alpha value is -1.63. The number of nitrogens with zero attached hydrogens (tertiary/aromatic N) is 3. The van der Waals surface area contributed by atoms with Crippen molar-refractivity contribution >= 4 is 5.91 Å². The van der Waals surface area contributed by atoms with Crippen molar-refractivity contribution in [1.29, 1.82) is 0 Å². The third-order valence-corrected chi connectivity index (χ3v) is 3.02. The van der Waals surface area contributed by atoms with Crippen LogP contribution < -0.4 is 17.2 Å². The van der Waals surface area contributed by atoms with Crippen LogP contribution in [-0.2, 0) is 24.3 Å². The standard InChI is InChI=1S/C10H17N5O2/c11-7(9(12)16)6-15-10(17)14-5-3-1-2-4-8(14)13-15/h7H,1-6,11H2,(H2,12,16). The average molecular weight is 239 g/mol. The number of primary amides is 1. The number of aryl methyl sites for hydroxylation is 1. The van der Waals surface area contributed by atoms with Crippen LogP contribution in [0.4, 0.5) is 0 Å². The molecule has 0 bridgehead atoms. The quantitative estimate of drug-likeness (QED) is 0.674. The van der Waals surface area contributed by atoms with Crippen molar-refractivity contribution in [2.75, 3.05) is 0 Å². The number of rotatable bonds is 3. The van der Waals surface area contributed by atoms with Crippen molar-refractivity contribution in [3.63, 3.8) is 0 Å². The van der Waals surface area contributed by atoms with E-state index in [9.17, 15) is 9.59 Å². The van der Waals surface area contributed by atoms with E-state index in [0.717, 1.165) is 31.5 Å². The fraction of sp³-hybridized carbons (Fsp3) is 0.700. The van der Waals surface area contributed by atoms with E-state index in [2.05, 4.69) is 5.10 Å². The summed E-state index contributed by atoms with van der Waals surface area (Å²) in [5.41, 5.74) is 10.4. The first-order valence-corrected chi connectivity index (χ1v) is 5.81. The number of hydrogen-bond donors (Lipinski definition) is 2. The molecule has 1 atom stereocenters. The van der Waals surface area contributed by atoms with Gasteiger partial charge in [0.1, 0.15) is 11.9 Å². The minimum atomic E-state index is -0.869. The van der Waals surface area contributed by atoms with Crippen LogP contribution in [0.3, 0.4) is 0 Å². The lowest BCUT2D eigenvalue weighted by Crippen LogP contribution is -2.42. The summed E-state index contributed by atoms with van der Waals surface area (Å²) in [5, 5.41) is 4.21. The Morgan fingerprint density at radius 1 is 1.41 bits per heavy atom. The monoisotopic (exact) mass is 239 g/mol. The molecule has 17 heavy (non-hydrogen) atoms. The van der Waals surface area contributed by atoms with Gasteiger partial charge in [-0.3, -0.25) is 9.36 Å². The second kappa shape index (κ2) is 4.70. The Kier molecular flexibility index (Phi) is 3.28. The van der Waals surface area contributed by atoms with Crippen molar-refractivity contribution in [2.24, 2.45) is 11.5 Å². The van der Waals surface area contributed by atoms with Gasteiger partial charge in [0.25, 0.3) is 0 Å². The maximum Gasteiger partial charge on any atom is 0.345 e. The summed E-state index contributed by atoms with van der Waals surface area (Å²) in [6.07, 6.45) is 3.94. The molecule has 1 aromatic heterocycles. The van der Waals surface area contributed by atoms with Gasteiger partial charge < -0.3 is 11.5 Å². The largest absolute Gasteiger partial charge is 0.368 e. The van der Waals surface area contributed by atoms with Gasteiger partial charge in [0.05, 0.1) is 6.54 Å². The molecule has 1 aromatic rings. The van der Waals surface area contributed by atoms with Crippen molar-refractivity contribution in [3.05, 3.63) is 16.3 Å². The molecule has 0 saturated heterocycles. The molecule has 0 fully saturated rings. The minimum absolute atomic E-state index is 0.0498. The molecule has 0 aliphatic carbocycles. The van der Waals surface area contributed by atoms with E-state index in [1.54, 1.807) is 4.57 Å². The fourth-order valence-corrected chi connectivity index (χ4v) is 2.02. The first-order valence-electron chi connectivity index (χ1n) is 5.81. The van der Waals surface area contributed by atoms with Crippen molar-refractivity contribution in [2.45, 2.75) is 44.8 Å². The van der Waals surface area contributed by atoms with Crippen LogP contribution in [0.1, 0.15) is 25.1 Å². The highest BCUT2D eigenvalue weighted by atomic mass is 16.2. The predicted molar refractivity (Wildman–Crippen MR) is 61.2 cm³/mol. The van der Waals surface area contributed by atoms with Gasteiger partial charge in [-0.25, -0.2) is 9.48 Å². The number of hydrogen-bond acceptors (Lipinski definition) is 4. The van der Waals surface area contributed by atoms with Crippen molar-refractivity contribution in [3.8, 4) is 0 Å². The van der Waals surface area contributed by atoms with Crippen LogP contribution >= 0.6 is 0 Å². The van der Waals surface area contributed by atoms with Crippen molar-refractivity contribution < 1.29 is 4.79 Å². The molecular weight excluding hydrogens is 222 g/mol. The summed E-state index contributed by atoms with van der Waals surface area (Å²) in [4.78, 5) is 22.8. The topological polar surface area (TPSA) is 109 Å². The zero-order valence-corrected chi connectivity index (χ0v) is 9.63. The molecule has 2 rings (SSSR count). The number of carbonyl (C=O) groups excluding carboxylic acids is 1. The third-order valence-electron chi connectivity index (χ3n) is 3.02. The van der Waals surface area contributed by atoms with E-state index in [1.165, 1.54) is 4.68 Å². The van der Waals surface area contributed by atoms with Crippen LogP contribution in [0.2, 0.25) is 0 Å². The molecule has 7 heteroatoms. The highest BCUT2D eigenvalue weighted by molar-refractivity contribution is 5.79. The maximum absolute atomic E-state index is 12.0. The molecule has 0 radical (unpaired) electrons. The van der Waals surface area contributed by atoms with E-state index in [-0.39, 0.29) is 12.2 Å². The molecule has 0 saturated carbocycles. The van der Waals surface area contributed by atoms with Gasteiger partial charge in [0, 0.05) is 13.0 Å². The minimum Gasteiger partial charge on any atom is -0.368 e. The Morgan fingerprint density at radius 2 is 2.18 bits per heavy atom. The summed E-state index contributed by atoms with van der Waals surface area (Å²) in [6.45, 7) is 0.744. The van der Waals surface area contributed by atoms with Crippen LogP contribution in [0.15, 0.2) is 4.79 Å². The number of nitrogens with two attached hydrogens (primary N) is 2. The van der Waals surface area contributed by atoms with Crippen LogP contribution in [0.5, 0.6) is 0 Å². The molecule has 2 heterocycles. The van der Waals surface area contributed by atoms with Gasteiger partial charge in [0.15, 0.2) is 0 Å². The summed E-state index contributed by atoms with van der Waals surface area (Å²) in [5.74, 6) is 0.157. The molecule has 0 spiro atoms. The predicted octanol–water partition coefficient (Wildman–Crippen LogP) is -1.42. The molecule has 4 N–H and O–H groups in total. The fourth-order valence-electron chi connectivity index (χ4n) is 2.02. The molecular formula is C10H17N5O2. The number of fused-ring (bicyclic) bond motifs is 1. The van der Waals surface area contributed by atoms with Crippen LogP contribution in [-0.4, -0.2) is 26.3 Å². The van der Waals surface area contributed by atoms with Gasteiger partial charge in [-0.2, -0.15) is 5.10 Å². The second-order valence-electron chi connectivity index (χ2n) is 4.35. The molecule has 1 amide bonds. The van der Waals surface area contributed by atoms with Gasteiger partial charge in [-0.15, -0.1) is 0 Å². The zero-order valence-electron chi connectivity index (χ0n) is 9.63. The van der Waals surface area contributed by atoms with E-state index < -0.39 is 11.9 Å². The maximum atomic E-state index is 12.0. The summed E-state index contributed by atoms with van der Waals surface area (Å²) >= 11 is 0. The van der Waals surface area contributed by atoms with Gasteiger partial charge >= 0.3 is 5.69 Å². The molecule has 1 aliphatic heterocycles. The van der Waals surface area contributed by atoms with Crippen molar-refractivity contribution in [1.82, 2.24) is 14.3 Å². The SMILES string of the molecule is NC(=O)C(N)Cn1nc2n(c1=O)CCCCC2. The van der Waals surface area contributed by atoms with Gasteiger partial charge in [-0.05, 0) is 12.8 Å². The smallest absolute Gasteiger partial charge is 0.345 e. The van der Waals surface area contributed by atoms with Crippen LogP contribution in [0, 0.1) is 0 Å². The van der Waals surface area contributed by atoms with E-state index in [0.29, 0.717) is 6.54 Å². The summed E-state index contributed by atoms with van der Waals surface area (Å²) in [6, 6.07) is -0.869. The molecule has 1 aliphatic rings. The second-order valence-corrected chi connectivity index (χ2v) is 4.35. The molecule has 7 nitrogen and oxygen atoms in total. The number of carbonyl (C=O) groups is 1. The Labute approximate surface area is 98.4 Å². The lowest BCUT2D eigenvalue weighted by atomic mass is 10.2.